The van der Waals surface area contributed by atoms with Crippen LogP contribution in [-0.2, 0) is 11.3 Å². The minimum Gasteiger partial charge on any atom is -0.493 e. The predicted octanol–water partition coefficient (Wildman–Crippen LogP) is 3.39. The highest BCUT2D eigenvalue weighted by molar-refractivity contribution is 5.92. The molecule has 2 aromatic rings. The van der Waals surface area contributed by atoms with Gasteiger partial charge >= 0.3 is 0 Å². The Hall–Kier alpha value is -2.53. The summed E-state index contributed by atoms with van der Waals surface area (Å²) in [6, 6.07) is 11.7. The van der Waals surface area contributed by atoms with E-state index in [-0.39, 0.29) is 5.91 Å². The summed E-state index contributed by atoms with van der Waals surface area (Å²) in [6.07, 6.45) is 0. The van der Waals surface area contributed by atoms with Crippen molar-refractivity contribution in [2.75, 3.05) is 33.1 Å². The first-order valence-corrected chi connectivity index (χ1v) is 8.19. The van der Waals surface area contributed by atoms with Gasteiger partial charge in [-0.2, -0.15) is 0 Å². The van der Waals surface area contributed by atoms with Gasteiger partial charge < -0.3 is 14.8 Å². The number of hydrogen-bond acceptors (Lipinski definition) is 4. The molecule has 134 valence electrons. The summed E-state index contributed by atoms with van der Waals surface area (Å²) in [5, 5.41) is 2.94. The van der Waals surface area contributed by atoms with Crippen LogP contribution >= 0.6 is 0 Å². The summed E-state index contributed by atoms with van der Waals surface area (Å²) in [5.41, 5.74) is 4.26. The van der Waals surface area contributed by atoms with E-state index in [4.69, 9.17) is 9.47 Å². The van der Waals surface area contributed by atoms with Gasteiger partial charge in [-0.1, -0.05) is 12.1 Å². The van der Waals surface area contributed by atoms with Gasteiger partial charge in [0.15, 0.2) is 11.5 Å². The molecule has 25 heavy (non-hydrogen) atoms. The summed E-state index contributed by atoms with van der Waals surface area (Å²) in [4.78, 5) is 14.2. The molecule has 0 aliphatic rings. The maximum Gasteiger partial charge on any atom is 0.238 e. The zero-order valence-corrected chi connectivity index (χ0v) is 15.6. The Morgan fingerprint density at radius 1 is 1.00 bits per heavy atom. The molecule has 0 atom stereocenters. The van der Waals surface area contributed by atoms with E-state index < -0.39 is 0 Å². The van der Waals surface area contributed by atoms with Crippen LogP contribution in [0.3, 0.4) is 0 Å². The van der Waals surface area contributed by atoms with Crippen LogP contribution in [-0.4, -0.2) is 38.6 Å². The van der Waals surface area contributed by atoms with Crippen molar-refractivity contribution in [3.8, 4) is 11.5 Å². The van der Waals surface area contributed by atoms with Crippen molar-refractivity contribution in [2.45, 2.75) is 20.4 Å². The SMILES string of the molecule is COc1ccc(CN(C)CC(=O)Nc2ccc(C)c(C)c2)cc1OC. The van der Waals surface area contributed by atoms with Gasteiger partial charge in [-0.3, -0.25) is 9.69 Å². The van der Waals surface area contributed by atoms with Gasteiger partial charge in [0.05, 0.1) is 20.8 Å². The van der Waals surface area contributed by atoms with E-state index in [0.29, 0.717) is 24.6 Å². The second kappa shape index (κ2) is 8.53. The van der Waals surface area contributed by atoms with Crippen LogP contribution in [0.25, 0.3) is 0 Å². The summed E-state index contributed by atoms with van der Waals surface area (Å²) in [5.74, 6) is 1.35. The minimum absolute atomic E-state index is 0.0359. The van der Waals surface area contributed by atoms with Crippen molar-refractivity contribution >= 4 is 11.6 Å². The number of nitrogens with zero attached hydrogens (tertiary/aromatic N) is 1. The number of methoxy groups -OCH3 is 2. The lowest BCUT2D eigenvalue weighted by Gasteiger charge is -2.17. The number of benzene rings is 2. The third-order valence-corrected chi connectivity index (χ3v) is 4.10. The average molecular weight is 342 g/mol. The second-order valence-corrected chi connectivity index (χ2v) is 6.21. The van der Waals surface area contributed by atoms with Gasteiger partial charge in [0.1, 0.15) is 0 Å². The van der Waals surface area contributed by atoms with E-state index in [0.717, 1.165) is 16.8 Å². The topological polar surface area (TPSA) is 50.8 Å². The summed E-state index contributed by atoms with van der Waals surface area (Å²) < 4.78 is 10.6. The van der Waals surface area contributed by atoms with Gasteiger partial charge in [0.2, 0.25) is 5.91 Å². The number of hydrogen-bond donors (Lipinski definition) is 1. The van der Waals surface area contributed by atoms with E-state index in [2.05, 4.69) is 12.2 Å². The van der Waals surface area contributed by atoms with Crippen molar-refractivity contribution in [3.63, 3.8) is 0 Å². The molecule has 1 N–H and O–H groups in total. The molecule has 0 spiro atoms. The Bertz CT molecular complexity index is 744. The molecule has 5 nitrogen and oxygen atoms in total. The lowest BCUT2D eigenvalue weighted by Crippen LogP contribution is -2.29. The molecule has 0 unspecified atom stereocenters. The van der Waals surface area contributed by atoms with Gasteiger partial charge in [-0.25, -0.2) is 0 Å². The number of amides is 1. The van der Waals surface area contributed by atoms with Crippen LogP contribution in [0.4, 0.5) is 5.69 Å². The molecule has 0 fully saturated rings. The fraction of sp³-hybridized carbons (Fsp3) is 0.350. The van der Waals surface area contributed by atoms with Crippen LogP contribution < -0.4 is 14.8 Å². The molecule has 0 heterocycles. The summed E-state index contributed by atoms with van der Waals surface area (Å²) >= 11 is 0. The van der Waals surface area contributed by atoms with Crippen molar-refractivity contribution in [1.29, 1.82) is 0 Å². The van der Waals surface area contributed by atoms with Crippen LogP contribution in [0, 0.1) is 13.8 Å². The zero-order valence-electron chi connectivity index (χ0n) is 15.6. The first-order chi connectivity index (χ1) is 11.9. The third-order valence-electron chi connectivity index (χ3n) is 4.10. The molecule has 2 rings (SSSR count). The smallest absolute Gasteiger partial charge is 0.238 e. The molecule has 1 amide bonds. The van der Waals surface area contributed by atoms with Crippen molar-refractivity contribution in [3.05, 3.63) is 53.1 Å². The van der Waals surface area contributed by atoms with Gasteiger partial charge in [-0.15, -0.1) is 0 Å². The van der Waals surface area contributed by atoms with Crippen LogP contribution in [0.2, 0.25) is 0 Å². The monoisotopic (exact) mass is 342 g/mol. The molecule has 0 aliphatic heterocycles. The number of nitrogens with one attached hydrogen (secondary N) is 1. The first kappa shape index (κ1) is 18.8. The fourth-order valence-electron chi connectivity index (χ4n) is 2.61. The number of aryl methyl sites for hydroxylation is 2. The normalized spacial score (nSPS) is 10.6. The van der Waals surface area contributed by atoms with Crippen molar-refractivity contribution < 1.29 is 14.3 Å². The maximum absolute atomic E-state index is 12.2. The number of rotatable bonds is 7. The molecule has 2 aromatic carbocycles. The molecule has 0 bridgehead atoms. The van der Waals surface area contributed by atoms with Crippen LogP contribution in [0.1, 0.15) is 16.7 Å². The molecule has 0 aliphatic carbocycles. The Morgan fingerprint density at radius 2 is 1.72 bits per heavy atom. The Labute approximate surface area is 149 Å². The molecule has 0 saturated heterocycles. The Kier molecular flexibility index (Phi) is 6.42. The maximum atomic E-state index is 12.2. The van der Waals surface area contributed by atoms with Crippen LogP contribution in [0.5, 0.6) is 11.5 Å². The molecule has 0 saturated carbocycles. The molecular formula is C20H26N2O3. The molecule has 0 aromatic heterocycles. The Morgan fingerprint density at radius 3 is 2.36 bits per heavy atom. The van der Waals surface area contributed by atoms with E-state index in [1.54, 1.807) is 14.2 Å². The molecular weight excluding hydrogens is 316 g/mol. The lowest BCUT2D eigenvalue weighted by molar-refractivity contribution is -0.117. The first-order valence-electron chi connectivity index (χ1n) is 8.19. The highest BCUT2D eigenvalue weighted by Crippen LogP contribution is 2.27. The highest BCUT2D eigenvalue weighted by Gasteiger charge is 2.10. The van der Waals surface area contributed by atoms with Crippen LogP contribution in [0.15, 0.2) is 36.4 Å². The number of carbonyl (C=O) groups excluding carboxylic acids is 1. The zero-order chi connectivity index (χ0) is 18.4. The molecule has 5 heteroatoms. The number of carbonyl (C=O) groups is 1. The van der Waals surface area contributed by atoms with Gasteiger partial charge in [-0.05, 0) is 61.9 Å². The van der Waals surface area contributed by atoms with Gasteiger partial charge in [0, 0.05) is 12.2 Å². The number of ether oxygens (including phenoxy) is 2. The number of likely N-dealkylation sites (N-methyl/N-ethyl adjacent to an activating group) is 1. The average Bonchev–Trinajstić information content (AvgIpc) is 2.57. The largest absolute Gasteiger partial charge is 0.493 e. The minimum atomic E-state index is -0.0359. The fourth-order valence-corrected chi connectivity index (χ4v) is 2.61. The van der Waals surface area contributed by atoms with E-state index in [9.17, 15) is 4.79 Å². The van der Waals surface area contributed by atoms with E-state index in [1.807, 2.05) is 55.3 Å². The van der Waals surface area contributed by atoms with Gasteiger partial charge in [0.25, 0.3) is 0 Å². The molecule has 0 radical (unpaired) electrons. The van der Waals surface area contributed by atoms with Crippen molar-refractivity contribution in [1.82, 2.24) is 4.90 Å². The summed E-state index contributed by atoms with van der Waals surface area (Å²) in [7, 11) is 5.14. The summed E-state index contributed by atoms with van der Waals surface area (Å²) in [6.45, 7) is 5.04. The third kappa shape index (κ3) is 5.22. The highest BCUT2D eigenvalue weighted by atomic mass is 16.5. The quantitative estimate of drug-likeness (QED) is 0.838. The predicted molar refractivity (Wildman–Crippen MR) is 100 cm³/mol. The van der Waals surface area contributed by atoms with Crippen molar-refractivity contribution in [2.24, 2.45) is 0 Å². The standard InChI is InChI=1S/C20H26N2O3/c1-14-6-8-17(10-15(14)2)21-20(23)13-22(3)12-16-7-9-18(24-4)19(11-16)25-5/h6-11H,12-13H2,1-5H3,(H,21,23). The lowest BCUT2D eigenvalue weighted by atomic mass is 10.1. The van der Waals surface area contributed by atoms with E-state index in [1.165, 1.54) is 5.56 Å². The van der Waals surface area contributed by atoms with E-state index >= 15 is 0 Å². The Balaban J connectivity index is 1.94. The second-order valence-electron chi connectivity index (χ2n) is 6.21. The number of anilines is 1.